The van der Waals surface area contributed by atoms with Crippen LogP contribution in [0.1, 0.15) is 34.8 Å². The van der Waals surface area contributed by atoms with Gasteiger partial charge in [0.2, 0.25) is 0 Å². The summed E-state index contributed by atoms with van der Waals surface area (Å²) in [6, 6.07) is 5.13. The van der Waals surface area contributed by atoms with Gasteiger partial charge in [-0.15, -0.1) is 0 Å². The molecule has 31 heavy (non-hydrogen) atoms. The molecule has 0 N–H and O–H groups in total. The number of rotatable bonds is 3. The third kappa shape index (κ3) is 3.25. The first-order valence-electron chi connectivity index (χ1n) is 9.86. The number of carbonyl (C=O) groups excluding carboxylic acids is 2. The highest BCUT2D eigenvalue weighted by Crippen LogP contribution is 2.39. The minimum Gasteiger partial charge on any atom is -0.447 e. The quantitative estimate of drug-likeness (QED) is 0.619. The third-order valence-corrected chi connectivity index (χ3v) is 6.30. The number of aromatic nitrogens is 4. The van der Waals surface area contributed by atoms with Gasteiger partial charge in [-0.1, -0.05) is 0 Å². The summed E-state index contributed by atoms with van der Waals surface area (Å²) >= 11 is 1.24. The van der Waals surface area contributed by atoms with Gasteiger partial charge in [0.25, 0.3) is 5.91 Å². The van der Waals surface area contributed by atoms with Gasteiger partial charge in [-0.2, -0.15) is 4.37 Å². The molecule has 3 aromatic rings. The molecule has 1 saturated heterocycles. The number of amides is 2. The normalized spacial score (nSPS) is 18.3. The number of halogens is 1. The smallest absolute Gasteiger partial charge is 0.415 e. The minimum atomic E-state index is -0.463. The zero-order valence-electron chi connectivity index (χ0n) is 16.9. The summed E-state index contributed by atoms with van der Waals surface area (Å²) in [7, 11) is 0. The molecule has 0 unspecified atom stereocenters. The van der Waals surface area contributed by atoms with Crippen LogP contribution in [0.15, 0.2) is 24.3 Å². The summed E-state index contributed by atoms with van der Waals surface area (Å²) in [5, 5.41) is 0.656. The highest BCUT2D eigenvalue weighted by atomic mass is 32.1. The molecule has 0 aliphatic carbocycles. The fraction of sp³-hybridized carbons (Fsp3) is 0.350. The van der Waals surface area contributed by atoms with Crippen molar-refractivity contribution in [2.45, 2.75) is 26.4 Å². The Bertz CT molecular complexity index is 1170. The van der Waals surface area contributed by atoms with Crippen LogP contribution >= 0.6 is 11.5 Å². The van der Waals surface area contributed by atoms with E-state index in [0.717, 1.165) is 5.69 Å². The van der Waals surface area contributed by atoms with Crippen LogP contribution in [0.5, 0.6) is 0 Å². The highest BCUT2D eigenvalue weighted by Gasteiger charge is 2.38. The molecule has 2 aliphatic heterocycles. The minimum absolute atomic E-state index is 0.205. The van der Waals surface area contributed by atoms with Crippen molar-refractivity contribution in [1.29, 1.82) is 0 Å². The molecule has 1 fully saturated rings. The van der Waals surface area contributed by atoms with E-state index in [2.05, 4.69) is 9.36 Å². The average molecular weight is 442 g/mol. The van der Waals surface area contributed by atoms with Crippen molar-refractivity contribution < 1.29 is 18.7 Å². The van der Waals surface area contributed by atoms with Gasteiger partial charge < -0.3 is 14.2 Å². The van der Waals surface area contributed by atoms with E-state index in [1.807, 2.05) is 18.4 Å². The second-order valence-electron chi connectivity index (χ2n) is 7.39. The number of anilines is 1. The maximum Gasteiger partial charge on any atom is 0.415 e. The standard InChI is InChI=1S/C20H19FN6O3S/c1-11-15-16(27-9-10-30-20(27)29)23-17(18-22-12(2)24-31-18)26(15)8-7-25(11)19(28)13-3-5-14(21)6-4-13/h3-6,11H,7-10H2,1-2H3/t11-/m1/s1. The van der Waals surface area contributed by atoms with Crippen LogP contribution in [-0.2, 0) is 11.3 Å². The van der Waals surface area contributed by atoms with E-state index >= 15 is 0 Å². The zero-order valence-corrected chi connectivity index (χ0v) is 17.7. The third-order valence-electron chi connectivity index (χ3n) is 5.50. The maximum atomic E-state index is 13.3. The van der Waals surface area contributed by atoms with Crippen molar-refractivity contribution in [3.63, 3.8) is 0 Å². The first-order valence-corrected chi connectivity index (χ1v) is 10.6. The van der Waals surface area contributed by atoms with E-state index in [9.17, 15) is 14.0 Å². The van der Waals surface area contributed by atoms with E-state index in [1.165, 1.54) is 40.7 Å². The Hall–Kier alpha value is -3.34. The Kier molecular flexibility index (Phi) is 4.69. The van der Waals surface area contributed by atoms with Crippen molar-refractivity contribution in [3.05, 3.63) is 47.2 Å². The Morgan fingerprint density at radius 3 is 2.61 bits per heavy atom. The van der Waals surface area contributed by atoms with Crippen LogP contribution in [0.3, 0.4) is 0 Å². The molecule has 0 bridgehead atoms. The lowest BCUT2D eigenvalue weighted by molar-refractivity contribution is 0.0645. The lowest BCUT2D eigenvalue weighted by Gasteiger charge is -2.35. The number of aryl methyl sites for hydroxylation is 1. The van der Waals surface area contributed by atoms with Crippen LogP contribution in [0, 0.1) is 12.7 Å². The van der Waals surface area contributed by atoms with Gasteiger partial charge in [-0.3, -0.25) is 9.69 Å². The number of fused-ring (bicyclic) bond motifs is 1. The predicted octanol–water partition coefficient (Wildman–Crippen LogP) is 3.02. The van der Waals surface area contributed by atoms with E-state index in [1.54, 1.807) is 4.90 Å². The average Bonchev–Trinajstić information content (AvgIpc) is 3.46. The molecule has 0 spiro atoms. The summed E-state index contributed by atoms with van der Waals surface area (Å²) < 4.78 is 24.7. The van der Waals surface area contributed by atoms with Crippen molar-refractivity contribution in [3.8, 4) is 10.8 Å². The number of cyclic esters (lactones) is 1. The number of nitrogens with zero attached hydrogens (tertiary/aromatic N) is 6. The SMILES string of the molecule is Cc1nsc(-c2nc(N3CCOC3=O)c3n2CCN(C(=O)c2ccc(F)cc2)[C@@H]3C)n1. The molecule has 0 radical (unpaired) electrons. The van der Waals surface area contributed by atoms with Gasteiger partial charge in [0, 0.05) is 18.7 Å². The highest BCUT2D eigenvalue weighted by molar-refractivity contribution is 7.09. The van der Waals surface area contributed by atoms with Gasteiger partial charge in [-0.25, -0.2) is 19.2 Å². The molecule has 2 aliphatic rings. The fourth-order valence-electron chi connectivity index (χ4n) is 4.01. The Morgan fingerprint density at radius 1 is 1.19 bits per heavy atom. The van der Waals surface area contributed by atoms with Crippen LogP contribution in [-0.4, -0.2) is 55.5 Å². The number of benzene rings is 1. The summed E-state index contributed by atoms with van der Waals surface area (Å²) in [5.74, 6) is 1.14. The molecule has 9 nitrogen and oxygen atoms in total. The van der Waals surface area contributed by atoms with E-state index in [4.69, 9.17) is 9.72 Å². The van der Waals surface area contributed by atoms with Gasteiger partial charge >= 0.3 is 6.09 Å². The molecule has 2 amide bonds. The van der Waals surface area contributed by atoms with Gasteiger partial charge in [0.1, 0.15) is 18.2 Å². The van der Waals surface area contributed by atoms with Crippen molar-refractivity contribution in [2.24, 2.45) is 0 Å². The first kappa shape index (κ1) is 19.6. The topological polar surface area (TPSA) is 93.5 Å². The first-order chi connectivity index (χ1) is 14.9. The summed E-state index contributed by atoms with van der Waals surface area (Å²) in [6.07, 6.45) is -0.463. The lowest BCUT2D eigenvalue weighted by Crippen LogP contribution is -2.42. The number of hydrogen-bond donors (Lipinski definition) is 0. The molecular weight excluding hydrogens is 423 g/mol. The Balaban J connectivity index is 1.58. The van der Waals surface area contributed by atoms with Crippen molar-refractivity contribution in [1.82, 2.24) is 23.8 Å². The molecule has 2 aromatic heterocycles. The molecular formula is C20H19FN6O3S. The summed E-state index contributed by atoms with van der Waals surface area (Å²) in [5.41, 5.74) is 1.15. The molecule has 160 valence electrons. The Labute approximate surface area is 181 Å². The van der Waals surface area contributed by atoms with Crippen LogP contribution in [0.25, 0.3) is 10.8 Å². The monoisotopic (exact) mass is 442 g/mol. The molecule has 1 atom stereocenters. The van der Waals surface area contributed by atoms with Crippen molar-refractivity contribution in [2.75, 3.05) is 24.6 Å². The molecule has 11 heteroatoms. The van der Waals surface area contributed by atoms with Crippen LogP contribution in [0.2, 0.25) is 0 Å². The largest absolute Gasteiger partial charge is 0.447 e. The van der Waals surface area contributed by atoms with E-state index in [-0.39, 0.29) is 18.6 Å². The molecule has 0 saturated carbocycles. The predicted molar refractivity (Wildman–Crippen MR) is 110 cm³/mol. The second kappa shape index (κ2) is 7.41. The van der Waals surface area contributed by atoms with E-state index in [0.29, 0.717) is 47.7 Å². The van der Waals surface area contributed by atoms with E-state index < -0.39 is 11.9 Å². The number of ether oxygens (including phenoxy) is 1. The summed E-state index contributed by atoms with van der Waals surface area (Å²) in [4.78, 5) is 37.9. The molecule has 4 heterocycles. The van der Waals surface area contributed by atoms with Crippen LogP contribution in [0.4, 0.5) is 15.0 Å². The van der Waals surface area contributed by atoms with Crippen molar-refractivity contribution >= 4 is 29.4 Å². The zero-order chi connectivity index (χ0) is 21.7. The van der Waals surface area contributed by atoms with Gasteiger partial charge in [0.05, 0.1) is 18.3 Å². The molecule has 1 aromatic carbocycles. The number of carbonyl (C=O) groups is 2. The molecule has 5 rings (SSSR count). The van der Waals surface area contributed by atoms with Gasteiger partial charge in [0.15, 0.2) is 16.6 Å². The second-order valence-corrected chi connectivity index (χ2v) is 8.14. The fourth-order valence-corrected chi connectivity index (χ4v) is 4.68. The number of imidazole rings is 1. The Morgan fingerprint density at radius 2 is 1.97 bits per heavy atom. The lowest BCUT2D eigenvalue weighted by atomic mass is 10.1. The number of hydrogen-bond acceptors (Lipinski definition) is 7. The van der Waals surface area contributed by atoms with Gasteiger partial charge in [-0.05, 0) is 49.6 Å². The summed E-state index contributed by atoms with van der Waals surface area (Å²) in [6.45, 7) is 5.30. The van der Waals surface area contributed by atoms with Crippen LogP contribution < -0.4 is 4.90 Å². The maximum absolute atomic E-state index is 13.3.